The minimum atomic E-state index is -0.639. The first-order valence-electron chi connectivity index (χ1n) is 5.66. The molecule has 0 aromatic heterocycles. The number of rotatable bonds is 1. The molecule has 2 heteroatoms. The van der Waals surface area contributed by atoms with Crippen LogP contribution in [-0.4, -0.2) is 15.2 Å². The van der Waals surface area contributed by atoms with Crippen LogP contribution in [0.3, 0.4) is 0 Å². The molecule has 2 saturated heterocycles. The maximum Gasteiger partial charge on any atom is 0.0446 e. The third kappa shape index (κ3) is 1.23. The van der Waals surface area contributed by atoms with Crippen molar-refractivity contribution in [3.63, 3.8) is 0 Å². The SMILES string of the molecule is C[Si]1([Si]2(C)CCCC2)CCCC1. The maximum absolute atomic E-state index is 2.75. The van der Waals surface area contributed by atoms with Gasteiger partial charge in [-0.2, -0.15) is 0 Å². The van der Waals surface area contributed by atoms with Crippen LogP contribution in [0.2, 0.25) is 37.3 Å². The van der Waals surface area contributed by atoms with Crippen LogP contribution in [0.25, 0.3) is 0 Å². The van der Waals surface area contributed by atoms with E-state index in [-0.39, 0.29) is 0 Å². The molecule has 2 rings (SSSR count). The largest absolute Gasteiger partial charge is 0.0711 e. The molecule has 2 heterocycles. The Labute approximate surface area is 78.6 Å². The van der Waals surface area contributed by atoms with Crippen molar-refractivity contribution in [1.29, 1.82) is 0 Å². The molecule has 0 nitrogen and oxygen atoms in total. The van der Waals surface area contributed by atoms with Gasteiger partial charge in [0.15, 0.2) is 0 Å². The lowest BCUT2D eigenvalue weighted by Crippen LogP contribution is -2.54. The summed E-state index contributed by atoms with van der Waals surface area (Å²) >= 11 is 0. The summed E-state index contributed by atoms with van der Waals surface area (Å²) in [5.41, 5.74) is 0. The first-order chi connectivity index (χ1) is 5.66. The quantitative estimate of drug-likeness (QED) is 0.562. The normalized spacial score (nSPS) is 32.5. The molecule has 2 aliphatic rings. The molecule has 0 bridgehead atoms. The summed E-state index contributed by atoms with van der Waals surface area (Å²) in [5.74, 6) is 0. The Morgan fingerprint density at radius 2 is 0.833 bits per heavy atom. The Balaban J connectivity index is 2.14. The second-order valence-electron chi connectivity index (χ2n) is 5.54. The topological polar surface area (TPSA) is 0 Å². The van der Waals surface area contributed by atoms with Gasteiger partial charge in [-0.15, -0.1) is 0 Å². The van der Waals surface area contributed by atoms with Crippen molar-refractivity contribution in [3.8, 4) is 0 Å². The van der Waals surface area contributed by atoms with Crippen LogP contribution >= 0.6 is 0 Å². The molecule has 0 N–H and O–H groups in total. The summed E-state index contributed by atoms with van der Waals surface area (Å²) in [5, 5.41) is 0. The van der Waals surface area contributed by atoms with E-state index in [4.69, 9.17) is 0 Å². The predicted molar refractivity (Wildman–Crippen MR) is 60.9 cm³/mol. The maximum atomic E-state index is 2.75. The van der Waals surface area contributed by atoms with E-state index in [0.717, 1.165) is 0 Å². The molecular weight excluding hydrogens is 176 g/mol. The highest BCUT2D eigenvalue weighted by molar-refractivity contribution is 7.42. The molecule has 2 fully saturated rings. The smallest absolute Gasteiger partial charge is 0.0446 e. The van der Waals surface area contributed by atoms with Gasteiger partial charge in [-0.25, -0.2) is 0 Å². The fraction of sp³-hybridized carbons (Fsp3) is 1.00. The predicted octanol–water partition coefficient (Wildman–Crippen LogP) is 3.81. The molecule has 0 aromatic rings. The van der Waals surface area contributed by atoms with Crippen LogP contribution in [0.4, 0.5) is 0 Å². The third-order valence-electron chi connectivity index (χ3n) is 4.87. The fourth-order valence-electron chi connectivity index (χ4n) is 3.52. The zero-order valence-corrected chi connectivity index (χ0v) is 10.7. The van der Waals surface area contributed by atoms with E-state index in [1.165, 1.54) is 0 Å². The highest BCUT2D eigenvalue weighted by Gasteiger charge is 2.49. The van der Waals surface area contributed by atoms with Crippen molar-refractivity contribution in [1.82, 2.24) is 0 Å². The number of hydrogen-bond acceptors (Lipinski definition) is 0. The second-order valence-corrected chi connectivity index (χ2v) is 21.0. The average molecular weight is 198 g/mol. The highest BCUT2D eigenvalue weighted by Crippen LogP contribution is 2.45. The lowest BCUT2D eigenvalue weighted by atomic mass is 10.4. The van der Waals surface area contributed by atoms with E-state index in [9.17, 15) is 0 Å². The summed E-state index contributed by atoms with van der Waals surface area (Å²) in [7, 11) is -1.28. The van der Waals surface area contributed by atoms with Crippen LogP contribution in [0, 0.1) is 0 Å². The molecule has 0 radical (unpaired) electrons. The van der Waals surface area contributed by atoms with Gasteiger partial charge in [-0.3, -0.25) is 0 Å². The van der Waals surface area contributed by atoms with E-state index in [0.29, 0.717) is 0 Å². The van der Waals surface area contributed by atoms with E-state index in [2.05, 4.69) is 13.1 Å². The van der Waals surface area contributed by atoms with Crippen molar-refractivity contribution in [2.24, 2.45) is 0 Å². The van der Waals surface area contributed by atoms with Crippen molar-refractivity contribution < 1.29 is 0 Å². The zero-order valence-electron chi connectivity index (χ0n) is 8.66. The number of hydrogen-bond donors (Lipinski definition) is 0. The summed E-state index contributed by atoms with van der Waals surface area (Å²) in [6.45, 7) is 5.50. The van der Waals surface area contributed by atoms with Crippen LogP contribution in [0.1, 0.15) is 25.7 Å². The zero-order chi connectivity index (χ0) is 8.66. The van der Waals surface area contributed by atoms with Crippen molar-refractivity contribution in [2.45, 2.75) is 63.0 Å². The van der Waals surface area contributed by atoms with E-state index in [1.54, 1.807) is 49.9 Å². The molecular formula is C10H22Si2. The first-order valence-corrected chi connectivity index (χ1v) is 12.5. The lowest BCUT2D eigenvalue weighted by Gasteiger charge is -2.38. The van der Waals surface area contributed by atoms with Crippen LogP contribution < -0.4 is 0 Å². The minimum Gasteiger partial charge on any atom is -0.0711 e. The molecule has 2 aliphatic heterocycles. The molecule has 0 aromatic carbocycles. The molecule has 0 unspecified atom stereocenters. The Bertz CT molecular complexity index is 145. The van der Waals surface area contributed by atoms with Gasteiger partial charge < -0.3 is 0 Å². The second kappa shape index (κ2) is 2.98. The molecule has 0 spiro atoms. The molecule has 0 aliphatic carbocycles. The van der Waals surface area contributed by atoms with Gasteiger partial charge >= 0.3 is 0 Å². The average Bonchev–Trinajstić information content (AvgIpc) is 2.60. The van der Waals surface area contributed by atoms with Crippen LogP contribution in [0.5, 0.6) is 0 Å². The summed E-state index contributed by atoms with van der Waals surface area (Å²) in [6, 6.07) is 6.82. The summed E-state index contributed by atoms with van der Waals surface area (Å²) in [4.78, 5) is 0. The Kier molecular flexibility index (Phi) is 2.24. The Morgan fingerprint density at radius 3 is 1.08 bits per heavy atom. The molecule has 70 valence electrons. The van der Waals surface area contributed by atoms with Gasteiger partial charge in [0.25, 0.3) is 0 Å². The van der Waals surface area contributed by atoms with Gasteiger partial charge in [-0.1, -0.05) is 63.0 Å². The van der Waals surface area contributed by atoms with Crippen molar-refractivity contribution in [2.75, 3.05) is 0 Å². The first kappa shape index (κ1) is 9.01. The van der Waals surface area contributed by atoms with Crippen LogP contribution in [-0.2, 0) is 0 Å². The molecule has 12 heavy (non-hydrogen) atoms. The molecule has 0 amide bonds. The van der Waals surface area contributed by atoms with Crippen molar-refractivity contribution >= 4 is 15.2 Å². The Hall–Kier alpha value is 0.434. The van der Waals surface area contributed by atoms with Gasteiger partial charge in [-0.05, 0) is 0 Å². The van der Waals surface area contributed by atoms with E-state index < -0.39 is 15.2 Å². The fourth-order valence-corrected chi connectivity index (χ4v) is 19.9. The standard InChI is InChI=1S/C10H22Si2/c1-11(7-3-4-8-11)12(2)9-5-6-10-12/h3-10H2,1-2H3. The molecule has 0 atom stereocenters. The third-order valence-corrected chi connectivity index (χ3v) is 25.4. The van der Waals surface area contributed by atoms with Gasteiger partial charge in [0.2, 0.25) is 0 Å². The van der Waals surface area contributed by atoms with Crippen LogP contribution in [0.15, 0.2) is 0 Å². The molecule has 0 saturated carbocycles. The van der Waals surface area contributed by atoms with E-state index >= 15 is 0 Å². The van der Waals surface area contributed by atoms with Gasteiger partial charge in [0, 0.05) is 15.2 Å². The summed E-state index contributed by atoms with van der Waals surface area (Å²) in [6.07, 6.45) is 6.35. The monoisotopic (exact) mass is 198 g/mol. The lowest BCUT2D eigenvalue weighted by molar-refractivity contribution is 0.935. The van der Waals surface area contributed by atoms with Gasteiger partial charge in [0.05, 0.1) is 0 Å². The Morgan fingerprint density at radius 1 is 0.583 bits per heavy atom. The highest BCUT2D eigenvalue weighted by atomic mass is 29.3. The van der Waals surface area contributed by atoms with Crippen molar-refractivity contribution in [3.05, 3.63) is 0 Å². The van der Waals surface area contributed by atoms with Gasteiger partial charge in [0.1, 0.15) is 0 Å². The summed E-state index contributed by atoms with van der Waals surface area (Å²) < 4.78 is 0. The minimum absolute atomic E-state index is 0.639. The van der Waals surface area contributed by atoms with E-state index in [1.807, 2.05) is 0 Å².